The zero-order valence-corrected chi connectivity index (χ0v) is 12.8. The fraction of sp³-hybridized carbons (Fsp3) is 0.263. The molecule has 0 N–H and O–H groups in total. The number of rotatable bonds is 2. The first-order valence-corrected chi connectivity index (χ1v) is 7.80. The van der Waals surface area contributed by atoms with Gasteiger partial charge >= 0.3 is 0 Å². The van der Waals surface area contributed by atoms with E-state index in [9.17, 15) is 0 Å². The smallest absolute Gasteiger partial charge is 0.0642 e. The van der Waals surface area contributed by atoms with Crippen LogP contribution in [0.1, 0.15) is 0 Å². The molecule has 1 aliphatic rings. The average Bonchev–Trinajstić information content (AvgIpc) is 2.93. The molecule has 2 heterocycles. The molecule has 0 spiro atoms. The maximum atomic E-state index is 5.44. The number of morpholine rings is 1. The summed E-state index contributed by atoms with van der Waals surface area (Å²) in [6.07, 6.45) is 0. The molecule has 1 fully saturated rings. The molecule has 1 aliphatic heterocycles. The summed E-state index contributed by atoms with van der Waals surface area (Å²) in [5.74, 6) is 0. The monoisotopic (exact) mass is 292 g/mol. The Balaban J connectivity index is 1.77. The van der Waals surface area contributed by atoms with Crippen molar-refractivity contribution >= 4 is 16.6 Å². The van der Waals surface area contributed by atoms with Crippen LogP contribution in [0.4, 0.5) is 5.69 Å². The lowest BCUT2D eigenvalue weighted by molar-refractivity contribution is 0.122. The van der Waals surface area contributed by atoms with Crippen molar-refractivity contribution in [2.75, 3.05) is 31.2 Å². The summed E-state index contributed by atoms with van der Waals surface area (Å²) in [6, 6.07) is 19.6. The van der Waals surface area contributed by atoms with Gasteiger partial charge in [0.05, 0.1) is 13.2 Å². The zero-order valence-electron chi connectivity index (χ0n) is 12.8. The van der Waals surface area contributed by atoms with E-state index in [4.69, 9.17) is 4.74 Å². The maximum absolute atomic E-state index is 5.44. The van der Waals surface area contributed by atoms with E-state index in [1.807, 2.05) is 0 Å². The van der Waals surface area contributed by atoms with Crippen molar-refractivity contribution < 1.29 is 4.74 Å². The number of ether oxygens (including phenoxy) is 1. The van der Waals surface area contributed by atoms with Crippen LogP contribution in [0.5, 0.6) is 0 Å². The van der Waals surface area contributed by atoms with E-state index in [2.05, 4.69) is 71.1 Å². The Morgan fingerprint density at radius 1 is 0.909 bits per heavy atom. The Bertz CT molecular complexity index is 786. The number of hydrogen-bond acceptors (Lipinski definition) is 2. The molecule has 1 saturated heterocycles. The van der Waals surface area contributed by atoms with Crippen molar-refractivity contribution in [3.05, 3.63) is 54.6 Å². The van der Waals surface area contributed by atoms with Gasteiger partial charge in [0.2, 0.25) is 0 Å². The molecule has 3 aromatic rings. The second-order valence-corrected chi connectivity index (χ2v) is 5.80. The molecular weight excluding hydrogens is 272 g/mol. The summed E-state index contributed by atoms with van der Waals surface area (Å²) in [7, 11) is 2.14. The summed E-state index contributed by atoms with van der Waals surface area (Å²) < 4.78 is 7.72. The topological polar surface area (TPSA) is 17.4 Å². The maximum Gasteiger partial charge on any atom is 0.0642 e. The van der Waals surface area contributed by atoms with E-state index in [1.54, 1.807) is 0 Å². The number of aromatic nitrogens is 1. The van der Waals surface area contributed by atoms with Crippen LogP contribution in [0.2, 0.25) is 0 Å². The van der Waals surface area contributed by atoms with Gasteiger partial charge in [-0.05, 0) is 29.8 Å². The first kappa shape index (κ1) is 13.4. The van der Waals surface area contributed by atoms with Crippen molar-refractivity contribution in [2.45, 2.75) is 0 Å². The normalized spacial score (nSPS) is 15.4. The third-order valence-electron chi connectivity index (χ3n) is 4.47. The summed E-state index contributed by atoms with van der Waals surface area (Å²) in [6.45, 7) is 3.60. The minimum absolute atomic E-state index is 0.822. The molecule has 0 aliphatic carbocycles. The number of nitrogens with zero attached hydrogens (tertiary/aromatic N) is 2. The van der Waals surface area contributed by atoms with Gasteiger partial charge in [-0.2, -0.15) is 0 Å². The molecule has 112 valence electrons. The lowest BCUT2D eigenvalue weighted by atomic mass is 10.1. The van der Waals surface area contributed by atoms with Crippen molar-refractivity contribution in [2.24, 2.45) is 7.05 Å². The number of hydrogen-bond donors (Lipinski definition) is 0. The second kappa shape index (κ2) is 5.50. The van der Waals surface area contributed by atoms with Gasteiger partial charge < -0.3 is 14.2 Å². The minimum atomic E-state index is 0.822. The SMILES string of the molecule is Cn1c(-c2ccccc2)cc2cc(N3CCOCC3)ccc21. The highest BCUT2D eigenvalue weighted by Crippen LogP contribution is 2.30. The van der Waals surface area contributed by atoms with Crippen LogP contribution in [0.15, 0.2) is 54.6 Å². The summed E-state index contributed by atoms with van der Waals surface area (Å²) in [5, 5.41) is 1.30. The third-order valence-corrected chi connectivity index (χ3v) is 4.47. The Kier molecular flexibility index (Phi) is 3.35. The van der Waals surface area contributed by atoms with Crippen LogP contribution in [0.25, 0.3) is 22.2 Å². The van der Waals surface area contributed by atoms with E-state index < -0.39 is 0 Å². The van der Waals surface area contributed by atoms with E-state index in [-0.39, 0.29) is 0 Å². The van der Waals surface area contributed by atoms with Crippen molar-refractivity contribution in [1.29, 1.82) is 0 Å². The lowest BCUT2D eigenvalue weighted by Gasteiger charge is -2.28. The van der Waals surface area contributed by atoms with Crippen molar-refractivity contribution in [3.63, 3.8) is 0 Å². The minimum Gasteiger partial charge on any atom is -0.378 e. The molecule has 2 aromatic carbocycles. The zero-order chi connectivity index (χ0) is 14.9. The molecule has 0 bridgehead atoms. The quantitative estimate of drug-likeness (QED) is 0.717. The molecule has 1 aromatic heterocycles. The highest BCUT2D eigenvalue weighted by Gasteiger charge is 2.13. The molecule has 0 unspecified atom stereocenters. The van der Waals surface area contributed by atoms with Gasteiger partial charge in [-0.1, -0.05) is 30.3 Å². The predicted molar refractivity (Wildman–Crippen MR) is 91.4 cm³/mol. The molecule has 3 nitrogen and oxygen atoms in total. The molecule has 0 amide bonds. The van der Waals surface area contributed by atoms with E-state index in [0.29, 0.717) is 0 Å². The fourth-order valence-electron chi connectivity index (χ4n) is 3.24. The van der Waals surface area contributed by atoms with Crippen LogP contribution in [0.3, 0.4) is 0 Å². The van der Waals surface area contributed by atoms with Gasteiger partial charge in [-0.25, -0.2) is 0 Å². The molecule has 0 atom stereocenters. The van der Waals surface area contributed by atoms with Gasteiger partial charge in [-0.3, -0.25) is 0 Å². The van der Waals surface area contributed by atoms with Gasteiger partial charge in [-0.15, -0.1) is 0 Å². The fourth-order valence-corrected chi connectivity index (χ4v) is 3.24. The number of anilines is 1. The Morgan fingerprint density at radius 2 is 1.68 bits per heavy atom. The molecule has 3 heteroatoms. The Morgan fingerprint density at radius 3 is 2.45 bits per heavy atom. The Labute approximate surface area is 130 Å². The lowest BCUT2D eigenvalue weighted by Crippen LogP contribution is -2.36. The highest BCUT2D eigenvalue weighted by atomic mass is 16.5. The van der Waals surface area contributed by atoms with Gasteiger partial charge in [0, 0.05) is 42.4 Å². The van der Waals surface area contributed by atoms with Crippen LogP contribution in [-0.2, 0) is 11.8 Å². The number of benzene rings is 2. The molecular formula is C19H20N2O. The standard InChI is InChI=1S/C19H20N2O/c1-20-18-8-7-17(21-9-11-22-12-10-21)13-16(18)14-19(20)15-5-3-2-4-6-15/h2-8,13-14H,9-12H2,1H3. The molecule has 22 heavy (non-hydrogen) atoms. The van der Waals surface area contributed by atoms with Gasteiger partial charge in [0.15, 0.2) is 0 Å². The second-order valence-electron chi connectivity index (χ2n) is 5.80. The first-order valence-electron chi connectivity index (χ1n) is 7.80. The van der Waals surface area contributed by atoms with E-state index in [1.165, 1.54) is 27.8 Å². The number of fused-ring (bicyclic) bond motifs is 1. The summed E-state index contributed by atoms with van der Waals surface area (Å²) in [4.78, 5) is 2.40. The van der Waals surface area contributed by atoms with Gasteiger partial charge in [0.1, 0.15) is 0 Å². The largest absolute Gasteiger partial charge is 0.378 e. The summed E-state index contributed by atoms with van der Waals surface area (Å²) in [5.41, 5.74) is 5.08. The van der Waals surface area contributed by atoms with Crippen LogP contribution in [-0.4, -0.2) is 30.9 Å². The van der Waals surface area contributed by atoms with Crippen LogP contribution >= 0.6 is 0 Å². The van der Waals surface area contributed by atoms with E-state index in [0.717, 1.165) is 26.3 Å². The van der Waals surface area contributed by atoms with Crippen molar-refractivity contribution in [3.8, 4) is 11.3 Å². The highest BCUT2D eigenvalue weighted by molar-refractivity contribution is 5.89. The van der Waals surface area contributed by atoms with Crippen LogP contribution < -0.4 is 4.90 Å². The first-order chi connectivity index (χ1) is 10.8. The Hall–Kier alpha value is -2.26. The van der Waals surface area contributed by atoms with Crippen LogP contribution in [0, 0.1) is 0 Å². The third kappa shape index (κ3) is 2.28. The van der Waals surface area contributed by atoms with Gasteiger partial charge in [0.25, 0.3) is 0 Å². The van der Waals surface area contributed by atoms with E-state index >= 15 is 0 Å². The number of aryl methyl sites for hydroxylation is 1. The molecule has 4 rings (SSSR count). The molecule has 0 saturated carbocycles. The predicted octanol–water partition coefficient (Wildman–Crippen LogP) is 3.68. The van der Waals surface area contributed by atoms with Crippen molar-refractivity contribution in [1.82, 2.24) is 4.57 Å². The molecule has 0 radical (unpaired) electrons. The average molecular weight is 292 g/mol. The summed E-state index contributed by atoms with van der Waals surface area (Å²) >= 11 is 0.